The van der Waals surface area contributed by atoms with E-state index in [1.807, 2.05) is 86.6 Å². The van der Waals surface area contributed by atoms with Gasteiger partial charge in [-0.15, -0.1) is 10.2 Å². The van der Waals surface area contributed by atoms with Gasteiger partial charge in [0.15, 0.2) is 12.3 Å². The maximum absolute atomic E-state index is 12.3. The zero-order valence-corrected chi connectivity index (χ0v) is 17.4. The van der Waals surface area contributed by atoms with Gasteiger partial charge in [0.2, 0.25) is 5.88 Å². The molecule has 4 aromatic rings. The van der Waals surface area contributed by atoms with Gasteiger partial charge in [0.1, 0.15) is 5.75 Å². The number of ether oxygens (including phenoxy) is 1. The van der Waals surface area contributed by atoms with Crippen molar-refractivity contribution in [1.82, 2.24) is 4.57 Å². The molecule has 0 spiro atoms. The number of rotatable bonds is 6. The molecule has 1 heterocycles. The van der Waals surface area contributed by atoms with E-state index in [4.69, 9.17) is 4.74 Å². The fourth-order valence-electron chi connectivity index (χ4n) is 3.43. The van der Waals surface area contributed by atoms with Gasteiger partial charge in [-0.2, -0.15) is 0 Å². The van der Waals surface area contributed by atoms with Crippen molar-refractivity contribution in [1.29, 1.82) is 0 Å². The topological polar surface area (TPSA) is 76.2 Å². The van der Waals surface area contributed by atoms with Crippen LogP contribution in [0, 0.1) is 13.8 Å². The molecule has 0 unspecified atom stereocenters. The molecule has 0 atom stereocenters. The van der Waals surface area contributed by atoms with Crippen LogP contribution in [0.4, 0.5) is 5.69 Å². The number of fused-ring (bicyclic) bond motifs is 1. The molecule has 0 aliphatic carbocycles. The number of amides is 1. The van der Waals surface area contributed by atoms with Crippen LogP contribution in [0.1, 0.15) is 16.7 Å². The number of azo groups is 1. The molecule has 4 rings (SSSR count). The lowest BCUT2D eigenvalue weighted by molar-refractivity contribution is -0.120. The molecule has 0 radical (unpaired) electrons. The lowest BCUT2D eigenvalue weighted by Gasteiger charge is -2.07. The SMILES string of the molecule is Cc1ccc(C)c(OCC(=O)N=Nc2c(O)n(Cc3ccccc3)c3ccccc23)c1. The van der Waals surface area contributed by atoms with E-state index < -0.39 is 5.91 Å². The lowest BCUT2D eigenvalue weighted by Crippen LogP contribution is -2.08. The predicted octanol–water partition coefficient (Wildman–Crippen LogP) is 5.70. The largest absolute Gasteiger partial charge is 0.493 e. The van der Waals surface area contributed by atoms with E-state index in [9.17, 15) is 9.90 Å². The van der Waals surface area contributed by atoms with E-state index in [-0.39, 0.29) is 18.2 Å². The van der Waals surface area contributed by atoms with E-state index in [1.165, 1.54) is 0 Å². The van der Waals surface area contributed by atoms with Crippen LogP contribution in [0.15, 0.2) is 83.0 Å². The summed E-state index contributed by atoms with van der Waals surface area (Å²) < 4.78 is 7.36. The van der Waals surface area contributed by atoms with Crippen molar-refractivity contribution in [2.24, 2.45) is 10.2 Å². The zero-order chi connectivity index (χ0) is 21.8. The van der Waals surface area contributed by atoms with Crippen LogP contribution in [0.3, 0.4) is 0 Å². The van der Waals surface area contributed by atoms with Crippen molar-refractivity contribution in [3.63, 3.8) is 0 Å². The second-order valence-corrected chi connectivity index (χ2v) is 7.41. The summed E-state index contributed by atoms with van der Waals surface area (Å²) in [6.07, 6.45) is 0. The van der Waals surface area contributed by atoms with E-state index >= 15 is 0 Å². The number of aromatic nitrogens is 1. The molecule has 6 nitrogen and oxygen atoms in total. The summed E-state index contributed by atoms with van der Waals surface area (Å²) in [6, 6.07) is 23.1. The molecule has 31 heavy (non-hydrogen) atoms. The maximum atomic E-state index is 12.3. The molecular formula is C25H23N3O3. The molecule has 0 fully saturated rings. The number of para-hydroxylation sites is 1. The average molecular weight is 413 g/mol. The minimum Gasteiger partial charge on any atom is -0.493 e. The first-order valence-electron chi connectivity index (χ1n) is 10.0. The fraction of sp³-hybridized carbons (Fsp3) is 0.160. The molecular weight excluding hydrogens is 390 g/mol. The van der Waals surface area contributed by atoms with E-state index in [0.29, 0.717) is 12.3 Å². The smallest absolute Gasteiger partial charge is 0.302 e. The van der Waals surface area contributed by atoms with Gasteiger partial charge in [-0.1, -0.05) is 60.7 Å². The summed E-state index contributed by atoms with van der Waals surface area (Å²) in [6.45, 7) is 4.13. The van der Waals surface area contributed by atoms with Crippen LogP contribution >= 0.6 is 0 Å². The number of aryl methyl sites for hydroxylation is 2. The summed E-state index contributed by atoms with van der Waals surface area (Å²) in [4.78, 5) is 12.3. The summed E-state index contributed by atoms with van der Waals surface area (Å²) >= 11 is 0. The molecule has 6 heteroatoms. The van der Waals surface area contributed by atoms with Gasteiger partial charge in [0, 0.05) is 5.39 Å². The highest BCUT2D eigenvalue weighted by Gasteiger charge is 2.17. The third-order valence-corrected chi connectivity index (χ3v) is 5.06. The third kappa shape index (κ3) is 4.48. The van der Waals surface area contributed by atoms with Gasteiger partial charge >= 0.3 is 5.91 Å². The van der Waals surface area contributed by atoms with E-state index in [0.717, 1.165) is 27.6 Å². The minimum atomic E-state index is -0.528. The monoisotopic (exact) mass is 413 g/mol. The number of aromatic hydroxyl groups is 1. The highest BCUT2D eigenvalue weighted by molar-refractivity contribution is 5.95. The number of hydrogen-bond acceptors (Lipinski definition) is 4. The van der Waals surface area contributed by atoms with Crippen LogP contribution in [-0.2, 0) is 11.3 Å². The van der Waals surface area contributed by atoms with Gasteiger partial charge in [-0.05, 0) is 42.7 Å². The first-order chi connectivity index (χ1) is 15.0. The zero-order valence-electron chi connectivity index (χ0n) is 17.4. The number of nitrogens with zero attached hydrogens (tertiary/aromatic N) is 3. The quantitative estimate of drug-likeness (QED) is 0.412. The Balaban J connectivity index is 1.56. The van der Waals surface area contributed by atoms with Crippen molar-refractivity contribution in [3.05, 3.63) is 89.5 Å². The highest BCUT2D eigenvalue weighted by atomic mass is 16.5. The molecule has 1 aromatic heterocycles. The number of hydrogen-bond donors (Lipinski definition) is 1. The Hall–Kier alpha value is -3.93. The van der Waals surface area contributed by atoms with Gasteiger partial charge in [-0.25, -0.2) is 0 Å². The Morgan fingerprint density at radius 3 is 2.55 bits per heavy atom. The minimum absolute atomic E-state index is 0.0305. The summed E-state index contributed by atoms with van der Waals surface area (Å²) in [5, 5.41) is 19.4. The van der Waals surface area contributed by atoms with E-state index in [1.54, 1.807) is 4.57 Å². The first kappa shape index (κ1) is 20.3. The molecule has 0 aliphatic rings. The van der Waals surface area contributed by atoms with Crippen LogP contribution < -0.4 is 4.74 Å². The normalized spacial score (nSPS) is 11.3. The lowest BCUT2D eigenvalue weighted by atomic mass is 10.1. The maximum Gasteiger partial charge on any atom is 0.302 e. The number of carbonyl (C=O) groups excluding carboxylic acids is 1. The first-order valence-corrected chi connectivity index (χ1v) is 10.0. The van der Waals surface area contributed by atoms with Crippen LogP contribution in [-0.4, -0.2) is 22.2 Å². The van der Waals surface area contributed by atoms with Gasteiger partial charge in [0.05, 0.1) is 12.1 Å². The Morgan fingerprint density at radius 2 is 1.74 bits per heavy atom. The summed E-state index contributed by atoms with van der Waals surface area (Å²) in [7, 11) is 0. The van der Waals surface area contributed by atoms with Crippen molar-refractivity contribution in [3.8, 4) is 11.6 Å². The van der Waals surface area contributed by atoms with E-state index in [2.05, 4.69) is 10.2 Å². The standard InChI is InChI=1S/C25H23N3O3/c1-17-12-13-18(2)22(14-17)31-16-23(29)26-27-24-20-10-6-7-11-21(20)28(25(24)30)15-19-8-4-3-5-9-19/h3-14,30H,15-16H2,1-2H3. The molecule has 0 saturated carbocycles. The van der Waals surface area contributed by atoms with Crippen molar-refractivity contribution < 1.29 is 14.6 Å². The summed E-state index contributed by atoms with van der Waals surface area (Å²) in [5.41, 5.74) is 4.12. The molecule has 1 N–H and O–H groups in total. The average Bonchev–Trinajstić information content (AvgIpc) is 3.04. The Morgan fingerprint density at radius 1 is 1.00 bits per heavy atom. The molecule has 0 aliphatic heterocycles. The van der Waals surface area contributed by atoms with Gasteiger partial charge < -0.3 is 14.4 Å². The fourth-order valence-corrected chi connectivity index (χ4v) is 3.43. The second kappa shape index (κ2) is 8.83. The molecule has 3 aromatic carbocycles. The van der Waals surface area contributed by atoms with Crippen LogP contribution in [0.5, 0.6) is 11.6 Å². The molecule has 0 saturated heterocycles. The van der Waals surface area contributed by atoms with Gasteiger partial charge in [-0.3, -0.25) is 4.79 Å². The van der Waals surface area contributed by atoms with Crippen molar-refractivity contribution in [2.75, 3.05) is 6.61 Å². The van der Waals surface area contributed by atoms with Crippen molar-refractivity contribution >= 4 is 22.5 Å². The Labute approximate surface area is 180 Å². The number of carbonyl (C=O) groups is 1. The molecule has 0 bridgehead atoms. The molecule has 156 valence electrons. The summed E-state index contributed by atoms with van der Waals surface area (Å²) in [5.74, 6) is 0.0862. The van der Waals surface area contributed by atoms with Gasteiger partial charge in [0.25, 0.3) is 0 Å². The van der Waals surface area contributed by atoms with Crippen LogP contribution in [0.2, 0.25) is 0 Å². The predicted molar refractivity (Wildman–Crippen MR) is 120 cm³/mol. The second-order valence-electron chi connectivity index (χ2n) is 7.41. The van der Waals surface area contributed by atoms with Crippen molar-refractivity contribution in [2.45, 2.75) is 20.4 Å². The van der Waals surface area contributed by atoms with Crippen LogP contribution in [0.25, 0.3) is 10.9 Å². The number of benzene rings is 3. The Kier molecular flexibility index (Phi) is 5.80. The molecule has 1 amide bonds. The Bertz CT molecular complexity index is 1260. The highest BCUT2D eigenvalue weighted by Crippen LogP contribution is 2.39. The third-order valence-electron chi connectivity index (χ3n) is 5.06.